The van der Waals surface area contributed by atoms with E-state index in [-0.39, 0.29) is 22.5 Å². The van der Waals surface area contributed by atoms with Crippen LogP contribution in [0.15, 0.2) is 36.4 Å². The van der Waals surface area contributed by atoms with Crippen LogP contribution >= 0.6 is 0 Å². The third kappa shape index (κ3) is 4.50. The Morgan fingerprint density at radius 2 is 1.90 bits per heavy atom. The van der Waals surface area contributed by atoms with Gasteiger partial charge >= 0.3 is 0 Å². The molecule has 3 rings (SSSR count). The van der Waals surface area contributed by atoms with Crippen LogP contribution in [0.2, 0.25) is 0 Å². The molecule has 1 saturated heterocycles. The molecule has 1 heterocycles. The van der Waals surface area contributed by atoms with E-state index in [0.29, 0.717) is 11.6 Å². The maximum absolute atomic E-state index is 13.6. The highest BCUT2D eigenvalue weighted by Crippen LogP contribution is 2.32. The first-order valence-electron chi connectivity index (χ1n) is 9.20. The normalized spacial score (nSPS) is 14.5. The average Bonchev–Trinajstić information content (AvgIpc) is 2.69. The van der Waals surface area contributed by atoms with E-state index < -0.39 is 22.6 Å². The number of nitro benzene ring substituents is 1. The summed E-state index contributed by atoms with van der Waals surface area (Å²) in [7, 11) is 0. The smallest absolute Gasteiger partial charge is 0.293 e. The molecule has 0 aliphatic carbocycles. The zero-order valence-corrected chi connectivity index (χ0v) is 15.9. The van der Waals surface area contributed by atoms with Crippen LogP contribution < -0.4 is 16.0 Å². The summed E-state index contributed by atoms with van der Waals surface area (Å²) in [6, 6.07) is 7.71. The average molecular weight is 400 g/mol. The van der Waals surface area contributed by atoms with E-state index in [1.54, 1.807) is 6.07 Å². The van der Waals surface area contributed by atoms with Crippen LogP contribution in [0.3, 0.4) is 0 Å². The lowest BCUT2D eigenvalue weighted by Crippen LogP contribution is -2.33. The van der Waals surface area contributed by atoms with Gasteiger partial charge in [0.2, 0.25) is 0 Å². The van der Waals surface area contributed by atoms with Crippen molar-refractivity contribution in [1.82, 2.24) is 0 Å². The van der Waals surface area contributed by atoms with Crippen molar-refractivity contribution >= 4 is 28.9 Å². The van der Waals surface area contributed by atoms with Gasteiger partial charge in [0.25, 0.3) is 17.5 Å². The molecular formula is C20H21FN4O4. The maximum atomic E-state index is 13.6. The highest BCUT2D eigenvalue weighted by atomic mass is 19.1. The zero-order valence-electron chi connectivity index (χ0n) is 15.9. The van der Waals surface area contributed by atoms with E-state index in [1.807, 2.05) is 4.90 Å². The molecule has 2 aromatic rings. The van der Waals surface area contributed by atoms with E-state index in [0.717, 1.165) is 38.1 Å². The fourth-order valence-corrected chi connectivity index (χ4v) is 3.32. The van der Waals surface area contributed by atoms with Gasteiger partial charge in [0.1, 0.15) is 11.5 Å². The van der Waals surface area contributed by atoms with Crippen LogP contribution in [0.5, 0.6) is 0 Å². The van der Waals surface area contributed by atoms with Crippen molar-refractivity contribution in [2.75, 3.05) is 23.3 Å². The second-order valence-corrected chi connectivity index (χ2v) is 7.14. The van der Waals surface area contributed by atoms with E-state index in [9.17, 15) is 24.1 Å². The van der Waals surface area contributed by atoms with Crippen molar-refractivity contribution in [3.63, 3.8) is 0 Å². The monoisotopic (exact) mass is 400 g/mol. The number of nitro groups is 1. The Morgan fingerprint density at radius 3 is 2.52 bits per heavy atom. The van der Waals surface area contributed by atoms with Crippen LogP contribution in [0.25, 0.3) is 0 Å². The van der Waals surface area contributed by atoms with Crippen LogP contribution in [-0.4, -0.2) is 29.8 Å². The van der Waals surface area contributed by atoms with Gasteiger partial charge in [-0.15, -0.1) is 0 Å². The number of hydrogen-bond acceptors (Lipinski definition) is 5. The van der Waals surface area contributed by atoms with Crippen LogP contribution in [0.4, 0.5) is 21.5 Å². The molecule has 1 aliphatic rings. The fraction of sp³-hybridized carbons (Fsp3) is 0.300. The Bertz CT molecular complexity index is 971. The van der Waals surface area contributed by atoms with E-state index in [2.05, 4.69) is 12.2 Å². The molecule has 29 heavy (non-hydrogen) atoms. The van der Waals surface area contributed by atoms with Crippen LogP contribution in [0, 0.1) is 21.8 Å². The first-order valence-corrected chi connectivity index (χ1v) is 9.20. The van der Waals surface area contributed by atoms with Gasteiger partial charge in [0, 0.05) is 30.4 Å². The predicted molar refractivity (Wildman–Crippen MR) is 107 cm³/mol. The van der Waals surface area contributed by atoms with Gasteiger partial charge in [0.05, 0.1) is 10.5 Å². The molecule has 0 unspecified atom stereocenters. The molecular weight excluding hydrogens is 379 g/mol. The minimum atomic E-state index is -0.963. The molecule has 2 amide bonds. The summed E-state index contributed by atoms with van der Waals surface area (Å²) in [5.74, 6) is -1.80. The van der Waals surface area contributed by atoms with Gasteiger partial charge in [-0.2, -0.15) is 0 Å². The Kier molecular flexibility index (Phi) is 5.76. The number of benzene rings is 2. The van der Waals surface area contributed by atoms with Crippen LogP contribution in [-0.2, 0) is 0 Å². The number of piperidine rings is 1. The molecule has 1 fully saturated rings. The predicted octanol–water partition coefficient (Wildman–Crippen LogP) is 3.32. The number of primary amides is 1. The molecule has 8 nitrogen and oxygen atoms in total. The first kappa shape index (κ1) is 20.2. The molecule has 0 radical (unpaired) electrons. The molecule has 152 valence electrons. The molecule has 0 atom stereocenters. The number of amides is 2. The molecule has 1 aliphatic heterocycles. The lowest BCUT2D eigenvalue weighted by molar-refractivity contribution is -0.384. The van der Waals surface area contributed by atoms with Gasteiger partial charge in [-0.3, -0.25) is 19.7 Å². The van der Waals surface area contributed by atoms with Gasteiger partial charge in [-0.25, -0.2) is 4.39 Å². The summed E-state index contributed by atoms with van der Waals surface area (Å²) >= 11 is 0. The molecule has 9 heteroatoms. The second-order valence-electron chi connectivity index (χ2n) is 7.14. The summed E-state index contributed by atoms with van der Waals surface area (Å²) in [4.78, 5) is 36.8. The van der Waals surface area contributed by atoms with Gasteiger partial charge < -0.3 is 16.0 Å². The summed E-state index contributed by atoms with van der Waals surface area (Å²) in [5, 5.41) is 14.1. The number of halogens is 1. The molecule has 2 aromatic carbocycles. The lowest BCUT2D eigenvalue weighted by Gasteiger charge is -2.31. The topological polar surface area (TPSA) is 119 Å². The zero-order chi connectivity index (χ0) is 21.1. The molecule has 0 saturated carbocycles. The molecule has 0 aromatic heterocycles. The standard InChI is InChI=1S/C20H21FN4O4/c1-12-6-8-24(9-7-12)17-5-2-13(10-18(17)25(28)29)20(27)23-14-3-4-16(21)15(11-14)19(22)26/h2-5,10-12H,6-9H2,1H3,(H2,22,26)(H,23,27). The maximum Gasteiger partial charge on any atom is 0.293 e. The Hall–Kier alpha value is -3.49. The first-order chi connectivity index (χ1) is 13.8. The Labute approximate surface area is 166 Å². The van der Waals surface area contributed by atoms with Gasteiger partial charge in [-0.1, -0.05) is 6.92 Å². The van der Waals surface area contributed by atoms with Crippen molar-refractivity contribution < 1.29 is 18.9 Å². The number of nitrogens with two attached hydrogens (primary N) is 1. The molecule has 3 N–H and O–H groups in total. The SMILES string of the molecule is CC1CCN(c2ccc(C(=O)Nc3ccc(F)c(C(N)=O)c3)cc2[N+](=O)[O-])CC1. The number of nitrogens with one attached hydrogen (secondary N) is 1. The summed E-state index contributed by atoms with van der Waals surface area (Å²) < 4.78 is 13.6. The highest BCUT2D eigenvalue weighted by molar-refractivity contribution is 6.05. The van der Waals surface area contributed by atoms with E-state index in [1.165, 1.54) is 18.2 Å². The van der Waals surface area contributed by atoms with Crippen molar-refractivity contribution in [1.29, 1.82) is 0 Å². The number of carbonyl (C=O) groups excluding carboxylic acids is 2. The number of rotatable bonds is 5. The van der Waals surface area contributed by atoms with Crippen LogP contribution in [0.1, 0.15) is 40.5 Å². The van der Waals surface area contributed by atoms with E-state index in [4.69, 9.17) is 5.73 Å². The summed E-state index contributed by atoms with van der Waals surface area (Å²) in [5.41, 5.74) is 5.31. The minimum Gasteiger partial charge on any atom is -0.366 e. The number of hydrogen-bond donors (Lipinski definition) is 2. The van der Waals surface area contributed by atoms with Crippen molar-refractivity contribution in [2.45, 2.75) is 19.8 Å². The summed E-state index contributed by atoms with van der Waals surface area (Å²) in [6.45, 7) is 3.59. The van der Waals surface area contributed by atoms with Crippen molar-refractivity contribution in [3.8, 4) is 0 Å². The third-order valence-electron chi connectivity index (χ3n) is 5.05. The van der Waals surface area contributed by atoms with E-state index >= 15 is 0 Å². The quantitative estimate of drug-likeness (QED) is 0.589. The lowest BCUT2D eigenvalue weighted by atomic mass is 9.98. The second kappa shape index (κ2) is 8.26. The van der Waals surface area contributed by atoms with Crippen molar-refractivity contribution in [3.05, 3.63) is 63.5 Å². The van der Waals surface area contributed by atoms with Gasteiger partial charge in [0.15, 0.2) is 0 Å². The minimum absolute atomic E-state index is 0.0794. The number of carbonyl (C=O) groups is 2. The fourth-order valence-electron chi connectivity index (χ4n) is 3.32. The highest BCUT2D eigenvalue weighted by Gasteiger charge is 2.25. The molecule has 0 bridgehead atoms. The third-order valence-corrected chi connectivity index (χ3v) is 5.05. The Balaban J connectivity index is 1.84. The number of nitrogens with zero attached hydrogens (tertiary/aromatic N) is 2. The largest absolute Gasteiger partial charge is 0.366 e. The number of anilines is 2. The summed E-state index contributed by atoms with van der Waals surface area (Å²) in [6.07, 6.45) is 1.90. The van der Waals surface area contributed by atoms with Gasteiger partial charge in [-0.05, 0) is 49.1 Å². The van der Waals surface area contributed by atoms with Crippen molar-refractivity contribution in [2.24, 2.45) is 11.7 Å². The Morgan fingerprint density at radius 1 is 1.21 bits per heavy atom. The molecule has 0 spiro atoms.